The fraction of sp³-hybridized carbons (Fsp3) is 0.933. The van der Waals surface area contributed by atoms with Crippen LogP contribution in [0.4, 0.5) is 0 Å². The molecule has 4 rings (SSSR count). The van der Waals surface area contributed by atoms with Gasteiger partial charge in [0.1, 0.15) is 0 Å². The highest BCUT2D eigenvalue weighted by Gasteiger charge is 2.67. The Hall–Kier alpha value is -0.300. The van der Waals surface area contributed by atoms with Crippen molar-refractivity contribution >= 4 is 0 Å². The summed E-state index contributed by atoms with van der Waals surface area (Å²) in [5, 5.41) is 10.8. The largest absolute Gasteiger partial charge is 0.393 e. The Morgan fingerprint density at radius 1 is 0.903 bits per heavy atom. The highest BCUT2D eigenvalue weighted by Crippen LogP contribution is 2.74. The predicted octanol–water partition coefficient (Wildman–Crippen LogP) is 8.41. The summed E-state index contributed by atoms with van der Waals surface area (Å²) in [7, 11) is 0. The predicted molar refractivity (Wildman–Crippen MR) is 133 cm³/mol. The van der Waals surface area contributed by atoms with E-state index >= 15 is 0 Å². The topological polar surface area (TPSA) is 20.2 Å². The van der Waals surface area contributed by atoms with Crippen LogP contribution < -0.4 is 0 Å². The molecule has 1 heteroatoms. The number of aliphatic hydroxyl groups is 1. The second-order valence-electron chi connectivity index (χ2n) is 14.1. The zero-order chi connectivity index (χ0) is 22.8. The molecule has 0 bridgehead atoms. The Bertz CT molecular complexity index is 693. The van der Waals surface area contributed by atoms with Crippen LogP contribution in [0.5, 0.6) is 0 Å². The minimum atomic E-state index is -0.109. The monoisotopic (exact) mass is 428 g/mol. The van der Waals surface area contributed by atoms with Crippen LogP contribution >= 0.6 is 0 Å². The summed E-state index contributed by atoms with van der Waals surface area (Å²) in [6.07, 6.45) is 14.6. The zero-order valence-corrected chi connectivity index (χ0v) is 21.9. The summed E-state index contributed by atoms with van der Waals surface area (Å²) in [6.45, 7) is 21.7. The van der Waals surface area contributed by atoms with Crippen LogP contribution in [0.15, 0.2) is 12.2 Å². The van der Waals surface area contributed by atoms with E-state index in [-0.39, 0.29) is 11.5 Å². The number of rotatable bonds is 5. The van der Waals surface area contributed by atoms with Gasteiger partial charge in [0.25, 0.3) is 0 Å². The van der Waals surface area contributed by atoms with Crippen molar-refractivity contribution in [1.82, 2.24) is 0 Å². The summed E-state index contributed by atoms with van der Waals surface area (Å²) in [4.78, 5) is 0. The van der Waals surface area contributed by atoms with Gasteiger partial charge < -0.3 is 5.11 Å². The van der Waals surface area contributed by atoms with Crippen molar-refractivity contribution in [3.8, 4) is 0 Å². The maximum Gasteiger partial charge on any atom is 0.0594 e. The molecule has 0 aromatic heterocycles. The first-order valence-corrected chi connectivity index (χ1v) is 13.7. The van der Waals surface area contributed by atoms with Crippen LogP contribution in [0.1, 0.15) is 119 Å². The van der Waals surface area contributed by atoms with Crippen molar-refractivity contribution in [3.05, 3.63) is 12.2 Å². The zero-order valence-electron chi connectivity index (χ0n) is 21.9. The van der Waals surface area contributed by atoms with Gasteiger partial charge in [-0.15, -0.1) is 6.58 Å². The van der Waals surface area contributed by atoms with Crippen LogP contribution in [0.3, 0.4) is 0 Å². The van der Waals surface area contributed by atoms with Gasteiger partial charge in [0, 0.05) is 0 Å². The summed E-state index contributed by atoms with van der Waals surface area (Å²) in [5.74, 6) is 4.20. The lowest BCUT2D eigenvalue weighted by Crippen LogP contribution is -2.61. The molecule has 0 spiro atoms. The van der Waals surface area contributed by atoms with E-state index in [0.29, 0.717) is 22.2 Å². The molecule has 0 aromatic carbocycles. The Kier molecular flexibility index (Phi) is 6.07. The Balaban J connectivity index is 1.56. The highest BCUT2D eigenvalue weighted by molar-refractivity contribution is 5.16. The van der Waals surface area contributed by atoms with Crippen molar-refractivity contribution in [1.29, 1.82) is 0 Å². The van der Waals surface area contributed by atoms with Crippen molar-refractivity contribution in [3.63, 3.8) is 0 Å². The number of hydrogen-bond donors (Lipinski definition) is 1. The maximum atomic E-state index is 10.8. The molecule has 4 saturated carbocycles. The standard InChI is InChI=1S/C30H52O/c1-20(2)10-9-11-21(3)22-14-18-30(8)24-12-13-25-27(4,5)26(31)16-17-28(25,6)23(24)15-19-29(22,30)7/h21-26,31H,1,9-19H2,2-8H3/t21-,22+,23+,24-,25+,26-,28-,29+,30-/m1/s1. The lowest BCUT2D eigenvalue weighted by atomic mass is 9.38. The lowest BCUT2D eigenvalue weighted by molar-refractivity contribution is -0.200. The molecule has 4 fully saturated rings. The van der Waals surface area contributed by atoms with Gasteiger partial charge >= 0.3 is 0 Å². The van der Waals surface area contributed by atoms with E-state index < -0.39 is 0 Å². The van der Waals surface area contributed by atoms with Crippen molar-refractivity contribution in [2.45, 2.75) is 125 Å². The average Bonchev–Trinajstić information content (AvgIpc) is 2.96. The maximum absolute atomic E-state index is 10.8. The van der Waals surface area contributed by atoms with Crippen molar-refractivity contribution in [2.24, 2.45) is 51.2 Å². The molecule has 0 amide bonds. The molecule has 0 heterocycles. The summed E-state index contributed by atoms with van der Waals surface area (Å²) in [5.41, 5.74) is 2.89. The second-order valence-corrected chi connectivity index (χ2v) is 14.1. The molecule has 0 aromatic rings. The normalized spacial score (nSPS) is 49.6. The number of allylic oxidation sites excluding steroid dienone is 1. The molecule has 1 N–H and O–H groups in total. The van der Waals surface area contributed by atoms with Gasteiger partial charge in [-0.2, -0.15) is 0 Å². The van der Waals surface area contributed by atoms with Gasteiger partial charge in [-0.3, -0.25) is 0 Å². The molecular weight excluding hydrogens is 376 g/mol. The molecule has 4 aliphatic carbocycles. The first-order valence-electron chi connectivity index (χ1n) is 13.7. The van der Waals surface area contributed by atoms with Crippen LogP contribution in [0.2, 0.25) is 0 Å². The van der Waals surface area contributed by atoms with Crippen LogP contribution in [-0.4, -0.2) is 11.2 Å². The van der Waals surface area contributed by atoms with Crippen LogP contribution in [0.25, 0.3) is 0 Å². The van der Waals surface area contributed by atoms with Crippen LogP contribution in [-0.2, 0) is 0 Å². The summed E-state index contributed by atoms with van der Waals surface area (Å²) >= 11 is 0. The first kappa shape index (κ1) is 23.8. The fourth-order valence-corrected chi connectivity index (χ4v) is 10.4. The fourth-order valence-electron chi connectivity index (χ4n) is 10.4. The summed E-state index contributed by atoms with van der Waals surface area (Å²) < 4.78 is 0. The minimum absolute atomic E-state index is 0.0790. The third-order valence-electron chi connectivity index (χ3n) is 12.4. The quantitative estimate of drug-likeness (QED) is 0.436. The van der Waals surface area contributed by atoms with Gasteiger partial charge in [-0.05, 0) is 122 Å². The van der Waals surface area contributed by atoms with Gasteiger partial charge in [-0.1, -0.05) is 53.5 Å². The third-order valence-corrected chi connectivity index (χ3v) is 12.4. The minimum Gasteiger partial charge on any atom is -0.393 e. The van der Waals surface area contributed by atoms with E-state index in [0.717, 1.165) is 30.1 Å². The van der Waals surface area contributed by atoms with Crippen molar-refractivity contribution in [2.75, 3.05) is 0 Å². The third kappa shape index (κ3) is 3.41. The lowest BCUT2D eigenvalue weighted by Gasteiger charge is -2.67. The molecule has 9 atom stereocenters. The van der Waals surface area contributed by atoms with E-state index in [1.807, 2.05) is 0 Å². The second kappa shape index (κ2) is 7.89. The van der Waals surface area contributed by atoms with Crippen LogP contribution in [0, 0.1) is 51.2 Å². The highest BCUT2D eigenvalue weighted by atomic mass is 16.3. The number of aliphatic hydroxyl groups excluding tert-OH is 1. The molecule has 0 unspecified atom stereocenters. The SMILES string of the molecule is C=C(C)CCC[C@@H](C)[C@@H]1CC[C@]2(C)[C@@H]3CC[C@H]4C(C)(C)[C@H](O)CC[C@]4(C)[C@H]3CC[C@@]12C. The molecule has 1 nitrogen and oxygen atoms in total. The van der Waals surface area contributed by atoms with E-state index in [1.165, 1.54) is 69.8 Å². The number of hydrogen-bond acceptors (Lipinski definition) is 1. The smallest absolute Gasteiger partial charge is 0.0594 e. The molecule has 31 heavy (non-hydrogen) atoms. The first-order chi connectivity index (χ1) is 14.4. The molecule has 178 valence electrons. The summed E-state index contributed by atoms with van der Waals surface area (Å²) in [6, 6.07) is 0. The number of fused-ring (bicyclic) bond motifs is 5. The molecule has 0 radical (unpaired) electrons. The van der Waals surface area contributed by atoms with E-state index in [1.54, 1.807) is 0 Å². The Morgan fingerprint density at radius 2 is 1.58 bits per heavy atom. The van der Waals surface area contributed by atoms with E-state index in [2.05, 4.69) is 55.0 Å². The Morgan fingerprint density at radius 3 is 2.26 bits per heavy atom. The van der Waals surface area contributed by atoms with Gasteiger partial charge in [0.2, 0.25) is 0 Å². The molecule has 0 aliphatic heterocycles. The molecule has 4 aliphatic rings. The van der Waals surface area contributed by atoms with Crippen molar-refractivity contribution < 1.29 is 5.11 Å². The molecular formula is C30H52O. The Labute approximate surface area is 193 Å². The van der Waals surface area contributed by atoms with E-state index in [4.69, 9.17) is 0 Å². The van der Waals surface area contributed by atoms with E-state index in [9.17, 15) is 5.11 Å². The van der Waals surface area contributed by atoms with Gasteiger partial charge in [0.15, 0.2) is 0 Å². The van der Waals surface area contributed by atoms with Gasteiger partial charge in [-0.25, -0.2) is 0 Å². The molecule has 0 saturated heterocycles. The average molecular weight is 429 g/mol. The van der Waals surface area contributed by atoms with Gasteiger partial charge in [0.05, 0.1) is 6.10 Å².